The Morgan fingerprint density at radius 2 is 1.89 bits per heavy atom. The molecule has 2 rings (SSSR count). The number of carbonyl (C=O) groups is 2. The largest absolute Gasteiger partial charge is 0.303 e. The predicted molar refractivity (Wildman–Crippen MR) is 69.0 cm³/mol. The standard InChI is InChI=1S/C13H23N3O2/c1-8-7-15(3)9(2)5-10(8)14-11-6-12(17)16(4)13(11)18/h8-11,14H,5-7H2,1-4H3. The number of hydrogen-bond donors (Lipinski definition) is 1. The van der Waals surface area contributed by atoms with Crippen LogP contribution in [-0.2, 0) is 9.59 Å². The van der Waals surface area contributed by atoms with E-state index in [-0.39, 0.29) is 17.9 Å². The number of nitrogens with zero attached hydrogens (tertiary/aromatic N) is 2. The molecule has 2 saturated heterocycles. The summed E-state index contributed by atoms with van der Waals surface area (Å²) in [5.41, 5.74) is 0. The van der Waals surface area contributed by atoms with Crippen molar-refractivity contribution < 1.29 is 9.59 Å². The van der Waals surface area contributed by atoms with Crippen LogP contribution in [0.5, 0.6) is 0 Å². The van der Waals surface area contributed by atoms with E-state index >= 15 is 0 Å². The molecule has 2 amide bonds. The van der Waals surface area contributed by atoms with Crippen molar-refractivity contribution in [1.82, 2.24) is 15.1 Å². The van der Waals surface area contributed by atoms with Crippen molar-refractivity contribution >= 4 is 11.8 Å². The highest BCUT2D eigenvalue weighted by atomic mass is 16.2. The molecule has 0 spiro atoms. The van der Waals surface area contributed by atoms with Crippen LogP contribution >= 0.6 is 0 Å². The van der Waals surface area contributed by atoms with Crippen molar-refractivity contribution in [3.63, 3.8) is 0 Å². The van der Waals surface area contributed by atoms with E-state index in [2.05, 4.69) is 31.1 Å². The number of hydrogen-bond acceptors (Lipinski definition) is 4. The van der Waals surface area contributed by atoms with Crippen LogP contribution in [0.25, 0.3) is 0 Å². The highest BCUT2D eigenvalue weighted by Gasteiger charge is 2.39. The lowest BCUT2D eigenvalue weighted by Crippen LogP contribution is -2.54. The average Bonchev–Trinajstić information content (AvgIpc) is 2.54. The number of piperidine rings is 1. The average molecular weight is 253 g/mol. The predicted octanol–water partition coefficient (Wildman–Crippen LogP) is 0.0620. The summed E-state index contributed by atoms with van der Waals surface area (Å²) >= 11 is 0. The Kier molecular flexibility index (Phi) is 3.73. The SMILES string of the molecule is CC1CN(C)C(C)CC1NC1CC(=O)N(C)C1=O. The first-order chi connectivity index (χ1) is 8.40. The normalized spacial score (nSPS) is 38.6. The van der Waals surface area contributed by atoms with Crippen molar-refractivity contribution in [2.45, 2.75) is 44.8 Å². The molecule has 18 heavy (non-hydrogen) atoms. The van der Waals surface area contributed by atoms with Crippen LogP contribution in [0.2, 0.25) is 0 Å². The van der Waals surface area contributed by atoms with Gasteiger partial charge in [0.05, 0.1) is 12.5 Å². The monoisotopic (exact) mass is 253 g/mol. The van der Waals surface area contributed by atoms with Gasteiger partial charge in [0, 0.05) is 25.7 Å². The lowest BCUT2D eigenvalue weighted by atomic mass is 9.89. The molecule has 5 nitrogen and oxygen atoms in total. The molecule has 0 saturated carbocycles. The number of nitrogens with one attached hydrogen (secondary N) is 1. The highest BCUT2D eigenvalue weighted by Crippen LogP contribution is 2.22. The van der Waals surface area contributed by atoms with Crippen LogP contribution in [0.3, 0.4) is 0 Å². The summed E-state index contributed by atoms with van der Waals surface area (Å²) < 4.78 is 0. The number of amides is 2. The Morgan fingerprint density at radius 3 is 2.44 bits per heavy atom. The van der Waals surface area contributed by atoms with Gasteiger partial charge in [0.1, 0.15) is 0 Å². The van der Waals surface area contributed by atoms with Gasteiger partial charge in [0.15, 0.2) is 0 Å². The van der Waals surface area contributed by atoms with Gasteiger partial charge in [0.2, 0.25) is 11.8 Å². The second kappa shape index (κ2) is 4.97. The quantitative estimate of drug-likeness (QED) is 0.707. The molecule has 0 radical (unpaired) electrons. The number of carbonyl (C=O) groups excluding carboxylic acids is 2. The summed E-state index contributed by atoms with van der Waals surface area (Å²) in [5, 5.41) is 3.39. The molecular weight excluding hydrogens is 230 g/mol. The van der Waals surface area contributed by atoms with Crippen molar-refractivity contribution in [2.75, 3.05) is 20.6 Å². The molecule has 0 bridgehead atoms. The molecule has 4 unspecified atom stereocenters. The Hall–Kier alpha value is -0.940. The zero-order valence-corrected chi connectivity index (χ0v) is 11.6. The zero-order chi connectivity index (χ0) is 13.4. The van der Waals surface area contributed by atoms with E-state index in [9.17, 15) is 9.59 Å². The second-order valence-corrected chi connectivity index (χ2v) is 5.82. The van der Waals surface area contributed by atoms with Crippen molar-refractivity contribution in [1.29, 1.82) is 0 Å². The summed E-state index contributed by atoms with van der Waals surface area (Å²) in [6.07, 6.45) is 1.34. The van der Waals surface area contributed by atoms with Gasteiger partial charge in [0.25, 0.3) is 0 Å². The first-order valence-corrected chi connectivity index (χ1v) is 6.66. The molecular formula is C13H23N3O2. The van der Waals surface area contributed by atoms with Gasteiger partial charge in [-0.1, -0.05) is 6.92 Å². The van der Waals surface area contributed by atoms with Gasteiger partial charge >= 0.3 is 0 Å². The zero-order valence-electron chi connectivity index (χ0n) is 11.6. The van der Waals surface area contributed by atoms with Gasteiger partial charge in [-0.15, -0.1) is 0 Å². The molecule has 2 aliphatic rings. The van der Waals surface area contributed by atoms with Gasteiger partial charge in [-0.05, 0) is 26.3 Å². The van der Waals surface area contributed by atoms with Crippen LogP contribution in [-0.4, -0.2) is 60.4 Å². The summed E-state index contributed by atoms with van der Waals surface area (Å²) in [4.78, 5) is 26.9. The molecule has 0 aromatic carbocycles. The van der Waals surface area contributed by atoms with E-state index in [1.54, 1.807) is 7.05 Å². The summed E-state index contributed by atoms with van der Waals surface area (Å²) in [5.74, 6) is 0.338. The fraction of sp³-hybridized carbons (Fsp3) is 0.846. The topological polar surface area (TPSA) is 52.7 Å². The summed E-state index contributed by atoms with van der Waals surface area (Å²) in [7, 11) is 3.70. The number of imide groups is 1. The molecule has 0 aromatic heterocycles. The van der Waals surface area contributed by atoms with Crippen LogP contribution < -0.4 is 5.32 Å². The van der Waals surface area contributed by atoms with Gasteiger partial charge in [-0.2, -0.15) is 0 Å². The molecule has 4 atom stereocenters. The maximum Gasteiger partial charge on any atom is 0.246 e. The van der Waals surface area contributed by atoms with Crippen LogP contribution in [0.1, 0.15) is 26.7 Å². The van der Waals surface area contributed by atoms with Crippen molar-refractivity contribution in [2.24, 2.45) is 5.92 Å². The molecule has 2 heterocycles. The minimum atomic E-state index is -0.314. The van der Waals surface area contributed by atoms with E-state index in [4.69, 9.17) is 0 Å². The molecule has 0 aliphatic carbocycles. The fourth-order valence-corrected chi connectivity index (χ4v) is 2.92. The van der Waals surface area contributed by atoms with E-state index in [1.807, 2.05) is 0 Å². The lowest BCUT2D eigenvalue weighted by Gasteiger charge is -2.40. The molecule has 2 aliphatic heterocycles. The molecule has 2 fully saturated rings. The maximum absolute atomic E-state index is 11.9. The Morgan fingerprint density at radius 1 is 1.22 bits per heavy atom. The van der Waals surface area contributed by atoms with Gasteiger partial charge < -0.3 is 10.2 Å². The summed E-state index contributed by atoms with van der Waals surface area (Å²) in [6.45, 7) is 5.43. The number of likely N-dealkylation sites (N-methyl/N-ethyl adjacent to an activating group) is 1. The number of rotatable bonds is 2. The van der Waals surface area contributed by atoms with Gasteiger partial charge in [-0.25, -0.2) is 0 Å². The van der Waals surface area contributed by atoms with E-state index in [0.717, 1.165) is 13.0 Å². The maximum atomic E-state index is 11.9. The first-order valence-electron chi connectivity index (χ1n) is 6.66. The van der Waals surface area contributed by atoms with Crippen molar-refractivity contribution in [3.05, 3.63) is 0 Å². The third kappa shape index (κ3) is 2.42. The first kappa shape index (κ1) is 13.5. The summed E-state index contributed by atoms with van der Waals surface area (Å²) in [6, 6.07) is 0.527. The lowest BCUT2D eigenvalue weighted by molar-refractivity contribution is -0.137. The van der Waals surface area contributed by atoms with Crippen molar-refractivity contribution in [3.8, 4) is 0 Å². The number of likely N-dealkylation sites (tertiary alicyclic amines) is 2. The smallest absolute Gasteiger partial charge is 0.246 e. The highest BCUT2D eigenvalue weighted by molar-refractivity contribution is 6.05. The minimum absolute atomic E-state index is 0.0777. The second-order valence-electron chi connectivity index (χ2n) is 5.82. The molecule has 5 heteroatoms. The van der Waals surface area contributed by atoms with E-state index in [1.165, 1.54) is 4.90 Å². The molecule has 102 valence electrons. The fourth-order valence-electron chi connectivity index (χ4n) is 2.92. The molecule has 0 aromatic rings. The third-order valence-corrected chi connectivity index (χ3v) is 4.41. The van der Waals surface area contributed by atoms with E-state index < -0.39 is 0 Å². The van der Waals surface area contributed by atoms with Gasteiger partial charge in [-0.3, -0.25) is 14.5 Å². The van der Waals surface area contributed by atoms with Crippen LogP contribution in [0.4, 0.5) is 0 Å². The van der Waals surface area contributed by atoms with Crippen LogP contribution in [0.15, 0.2) is 0 Å². The Labute approximate surface area is 108 Å². The third-order valence-electron chi connectivity index (χ3n) is 4.41. The van der Waals surface area contributed by atoms with E-state index in [0.29, 0.717) is 24.4 Å². The molecule has 1 N–H and O–H groups in total. The Balaban J connectivity index is 1.97. The Bertz CT molecular complexity index is 358. The minimum Gasteiger partial charge on any atom is -0.303 e. The van der Waals surface area contributed by atoms with Crippen LogP contribution in [0, 0.1) is 5.92 Å².